The number of hydrogen-bond acceptors (Lipinski definition) is 4. The molecule has 1 aliphatic rings. The molecule has 0 atom stereocenters. The standard InChI is InChI=1S/C19H20N4O2S/c24-26(25)19-9-5-4-8-18(19)22(14-17-12-20-15-21-17)10-11-23(26)13-16-6-2-1-3-7-16/h1-9,12,15H,10-11,13-14H2,(H,20,21). The summed E-state index contributed by atoms with van der Waals surface area (Å²) in [6.07, 6.45) is 3.40. The van der Waals surface area contributed by atoms with Gasteiger partial charge in [-0.25, -0.2) is 13.4 Å². The molecule has 2 aromatic carbocycles. The first kappa shape index (κ1) is 16.8. The van der Waals surface area contributed by atoms with Crippen molar-refractivity contribution in [3.63, 3.8) is 0 Å². The van der Waals surface area contributed by atoms with Crippen LogP contribution < -0.4 is 4.90 Å². The van der Waals surface area contributed by atoms with Crippen molar-refractivity contribution in [1.29, 1.82) is 0 Å². The molecule has 0 saturated heterocycles. The maximum Gasteiger partial charge on any atom is 0.245 e. The third-order valence-electron chi connectivity index (χ3n) is 4.56. The zero-order valence-electron chi connectivity index (χ0n) is 14.2. The quantitative estimate of drug-likeness (QED) is 0.769. The number of sulfonamides is 1. The molecule has 0 unspecified atom stereocenters. The van der Waals surface area contributed by atoms with Crippen LogP contribution in [0.15, 0.2) is 72.0 Å². The molecule has 0 spiro atoms. The number of imidazole rings is 1. The van der Waals surface area contributed by atoms with Crippen LogP contribution in [0.1, 0.15) is 11.3 Å². The number of aromatic nitrogens is 2. The molecule has 0 aliphatic carbocycles. The minimum Gasteiger partial charge on any atom is -0.363 e. The van der Waals surface area contributed by atoms with Gasteiger partial charge in [-0.3, -0.25) is 0 Å². The van der Waals surface area contributed by atoms with Crippen LogP contribution in [0, 0.1) is 0 Å². The highest BCUT2D eigenvalue weighted by Gasteiger charge is 2.32. The molecule has 134 valence electrons. The number of nitrogens with one attached hydrogen (secondary N) is 1. The third kappa shape index (κ3) is 3.23. The Bertz CT molecular complexity index is 972. The van der Waals surface area contributed by atoms with Gasteiger partial charge in [0.15, 0.2) is 0 Å². The highest BCUT2D eigenvalue weighted by molar-refractivity contribution is 7.89. The van der Waals surface area contributed by atoms with Crippen LogP contribution in [-0.4, -0.2) is 35.8 Å². The van der Waals surface area contributed by atoms with Crippen molar-refractivity contribution in [3.8, 4) is 0 Å². The molecule has 0 saturated carbocycles. The summed E-state index contributed by atoms with van der Waals surface area (Å²) in [6.45, 7) is 2.00. The number of benzene rings is 2. The van der Waals surface area contributed by atoms with E-state index in [9.17, 15) is 8.42 Å². The van der Waals surface area contributed by atoms with Gasteiger partial charge in [0.25, 0.3) is 0 Å². The lowest BCUT2D eigenvalue weighted by Gasteiger charge is -2.23. The summed E-state index contributed by atoms with van der Waals surface area (Å²) in [5.41, 5.74) is 2.67. The van der Waals surface area contributed by atoms with Crippen LogP contribution in [0.5, 0.6) is 0 Å². The summed E-state index contributed by atoms with van der Waals surface area (Å²) >= 11 is 0. The summed E-state index contributed by atoms with van der Waals surface area (Å²) in [5, 5.41) is 0. The van der Waals surface area contributed by atoms with Gasteiger partial charge in [-0.05, 0) is 17.7 Å². The first-order valence-electron chi connectivity index (χ1n) is 8.50. The summed E-state index contributed by atoms with van der Waals surface area (Å²) < 4.78 is 28.1. The first-order chi connectivity index (χ1) is 12.6. The van der Waals surface area contributed by atoms with Crippen molar-refractivity contribution in [2.24, 2.45) is 0 Å². The van der Waals surface area contributed by atoms with Crippen molar-refractivity contribution in [1.82, 2.24) is 14.3 Å². The van der Waals surface area contributed by atoms with E-state index in [0.717, 1.165) is 16.9 Å². The Morgan fingerprint density at radius 1 is 0.962 bits per heavy atom. The Labute approximate surface area is 153 Å². The van der Waals surface area contributed by atoms with Crippen molar-refractivity contribution in [2.45, 2.75) is 18.0 Å². The molecule has 1 aromatic heterocycles. The lowest BCUT2D eigenvalue weighted by Crippen LogP contribution is -2.34. The predicted molar refractivity (Wildman–Crippen MR) is 100 cm³/mol. The SMILES string of the molecule is O=S1(=O)c2ccccc2N(Cc2cnc[nH]2)CCN1Cc1ccccc1. The number of para-hydroxylation sites is 1. The van der Waals surface area contributed by atoms with Gasteiger partial charge >= 0.3 is 0 Å². The Balaban J connectivity index is 1.70. The molecule has 0 bridgehead atoms. The van der Waals surface area contributed by atoms with Crippen LogP contribution in [0.4, 0.5) is 5.69 Å². The molecule has 26 heavy (non-hydrogen) atoms. The number of nitrogens with zero attached hydrogens (tertiary/aromatic N) is 3. The normalized spacial score (nSPS) is 16.8. The van der Waals surface area contributed by atoms with E-state index in [4.69, 9.17) is 0 Å². The van der Waals surface area contributed by atoms with Gasteiger partial charge < -0.3 is 9.88 Å². The average molecular weight is 368 g/mol. The van der Waals surface area contributed by atoms with Crippen molar-refractivity contribution in [2.75, 3.05) is 18.0 Å². The van der Waals surface area contributed by atoms with Gasteiger partial charge in [-0.15, -0.1) is 0 Å². The smallest absolute Gasteiger partial charge is 0.245 e. The molecule has 7 heteroatoms. The number of hydrogen-bond donors (Lipinski definition) is 1. The average Bonchev–Trinajstić information content (AvgIpc) is 3.14. The fraction of sp³-hybridized carbons (Fsp3) is 0.211. The Hall–Kier alpha value is -2.64. The zero-order valence-corrected chi connectivity index (χ0v) is 15.1. The van der Waals surface area contributed by atoms with E-state index in [1.54, 1.807) is 29.0 Å². The minimum atomic E-state index is -3.56. The molecular formula is C19H20N4O2S. The topological polar surface area (TPSA) is 69.3 Å². The van der Waals surface area contributed by atoms with Gasteiger partial charge in [-0.2, -0.15) is 4.31 Å². The molecule has 6 nitrogen and oxygen atoms in total. The van der Waals surface area contributed by atoms with Gasteiger partial charge in [0, 0.05) is 25.8 Å². The maximum absolute atomic E-state index is 13.3. The Morgan fingerprint density at radius 3 is 2.50 bits per heavy atom. The van der Waals surface area contributed by atoms with E-state index < -0.39 is 10.0 Å². The van der Waals surface area contributed by atoms with Gasteiger partial charge in [0.1, 0.15) is 4.90 Å². The highest BCUT2D eigenvalue weighted by Crippen LogP contribution is 2.32. The Morgan fingerprint density at radius 2 is 1.73 bits per heavy atom. The molecule has 3 aromatic rings. The fourth-order valence-corrected chi connectivity index (χ4v) is 4.87. The van der Waals surface area contributed by atoms with Crippen molar-refractivity contribution in [3.05, 3.63) is 78.4 Å². The van der Waals surface area contributed by atoms with Crippen LogP contribution in [0.3, 0.4) is 0 Å². The Kier molecular flexibility index (Phi) is 4.48. The molecule has 0 amide bonds. The van der Waals surface area contributed by atoms with E-state index in [1.165, 1.54) is 0 Å². The number of aromatic amines is 1. The summed E-state index contributed by atoms with van der Waals surface area (Å²) in [6, 6.07) is 16.9. The van der Waals surface area contributed by atoms with E-state index in [1.807, 2.05) is 42.5 Å². The number of rotatable bonds is 4. The molecule has 2 heterocycles. The second kappa shape index (κ2) is 6.93. The van der Waals surface area contributed by atoms with Crippen molar-refractivity contribution < 1.29 is 8.42 Å². The number of anilines is 1. The fourth-order valence-electron chi connectivity index (χ4n) is 3.24. The highest BCUT2D eigenvalue weighted by atomic mass is 32.2. The van der Waals surface area contributed by atoms with E-state index >= 15 is 0 Å². The molecule has 0 radical (unpaired) electrons. The summed E-state index contributed by atoms with van der Waals surface area (Å²) in [7, 11) is -3.56. The van der Waals surface area contributed by atoms with Gasteiger partial charge in [0.2, 0.25) is 10.0 Å². The molecular weight excluding hydrogens is 348 g/mol. The van der Waals surface area contributed by atoms with E-state index in [0.29, 0.717) is 31.1 Å². The van der Waals surface area contributed by atoms with Gasteiger partial charge in [0.05, 0.1) is 24.3 Å². The third-order valence-corrected chi connectivity index (χ3v) is 6.45. The summed E-state index contributed by atoms with van der Waals surface area (Å²) in [4.78, 5) is 9.59. The largest absolute Gasteiger partial charge is 0.363 e. The van der Waals surface area contributed by atoms with Crippen LogP contribution in [0.25, 0.3) is 0 Å². The molecule has 4 rings (SSSR count). The monoisotopic (exact) mass is 368 g/mol. The maximum atomic E-state index is 13.3. The molecule has 1 aliphatic heterocycles. The first-order valence-corrected chi connectivity index (χ1v) is 9.94. The van der Waals surface area contributed by atoms with E-state index in [2.05, 4.69) is 14.9 Å². The summed E-state index contributed by atoms with van der Waals surface area (Å²) in [5.74, 6) is 0. The molecule has 0 fully saturated rings. The zero-order chi connectivity index (χ0) is 18.0. The lowest BCUT2D eigenvalue weighted by molar-refractivity contribution is 0.415. The second-order valence-electron chi connectivity index (χ2n) is 6.29. The second-order valence-corrected chi connectivity index (χ2v) is 8.20. The van der Waals surface area contributed by atoms with Crippen LogP contribution >= 0.6 is 0 Å². The minimum absolute atomic E-state index is 0.355. The lowest BCUT2D eigenvalue weighted by atomic mass is 10.2. The van der Waals surface area contributed by atoms with Crippen molar-refractivity contribution >= 4 is 15.7 Å². The number of H-pyrrole nitrogens is 1. The van der Waals surface area contributed by atoms with Gasteiger partial charge in [-0.1, -0.05) is 42.5 Å². The predicted octanol–water partition coefficient (Wildman–Crippen LogP) is 2.62. The molecule has 1 N–H and O–H groups in total. The number of fused-ring (bicyclic) bond motifs is 1. The van der Waals surface area contributed by atoms with E-state index in [-0.39, 0.29) is 0 Å². The van der Waals surface area contributed by atoms with Crippen LogP contribution in [-0.2, 0) is 23.1 Å². The van der Waals surface area contributed by atoms with Crippen LogP contribution in [0.2, 0.25) is 0 Å².